The first-order valence-corrected chi connectivity index (χ1v) is 9.55. The van der Waals surface area contributed by atoms with Crippen molar-refractivity contribution in [2.24, 2.45) is 17.8 Å². The summed E-state index contributed by atoms with van der Waals surface area (Å²) >= 11 is 0. The van der Waals surface area contributed by atoms with Crippen LogP contribution in [-0.2, 0) is 16.0 Å². The number of carbonyl (C=O) groups excluding carboxylic acids is 1. The van der Waals surface area contributed by atoms with Gasteiger partial charge in [-0.15, -0.1) is 0 Å². The standard InChI is InChI=1S/C18H28N4O2/c1-2-3-16-19-18(21-20-16)15-11-22(8-9-24-15)17(23)10-14(12-4-5-12)13-6-7-13/h12-15H,2-11H2,1H3,(H,19,20,21)/t15-/m0/s1. The fraction of sp³-hybridized carbons (Fsp3) is 0.833. The lowest BCUT2D eigenvalue weighted by atomic mass is 9.93. The molecule has 6 nitrogen and oxygen atoms in total. The number of carbonyl (C=O) groups is 1. The van der Waals surface area contributed by atoms with Crippen molar-refractivity contribution in [1.82, 2.24) is 20.1 Å². The number of nitrogens with one attached hydrogen (secondary N) is 1. The van der Waals surface area contributed by atoms with E-state index in [0.717, 1.165) is 36.9 Å². The zero-order valence-corrected chi connectivity index (χ0v) is 14.5. The van der Waals surface area contributed by atoms with Crippen molar-refractivity contribution >= 4 is 5.91 Å². The molecule has 0 radical (unpaired) electrons. The maximum Gasteiger partial charge on any atom is 0.223 e. The summed E-state index contributed by atoms with van der Waals surface area (Å²) in [5.74, 6) is 4.18. The summed E-state index contributed by atoms with van der Waals surface area (Å²) in [4.78, 5) is 19.3. The van der Waals surface area contributed by atoms with Crippen molar-refractivity contribution in [3.05, 3.63) is 11.6 Å². The van der Waals surface area contributed by atoms with Crippen molar-refractivity contribution in [2.45, 2.75) is 58.0 Å². The number of hydrogen-bond acceptors (Lipinski definition) is 4. The van der Waals surface area contributed by atoms with Gasteiger partial charge in [-0.3, -0.25) is 9.89 Å². The molecule has 3 aliphatic rings. The highest BCUT2D eigenvalue weighted by Crippen LogP contribution is 2.50. The molecule has 132 valence electrons. The second kappa shape index (κ2) is 6.82. The molecule has 1 saturated heterocycles. The van der Waals surface area contributed by atoms with E-state index < -0.39 is 0 Å². The molecular weight excluding hydrogens is 304 g/mol. The third kappa shape index (κ3) is 3.63. The predicted molar refractivity (Wildman–Crippen MR) is 89.2 cm³/mol. The van der Waals surface area contributed by atoms with Crippen LogP contribution in [0.2, 0.25) is 0 Å². The fourth-order valence-corrected chi connectivity index (χ4v) is 3.93. The Morgan fingerprint density at radius 2 is 2.08 bits per heavy atom. The summed E-state index contributed by atoms with van der Waals surface area (Å²) in [5, 5.41) is 7.27. The number of hydrogen-bond donors (Lipinski definition) is 1. The molecular formula is C18H28N4O2. The Morgan fingerprint density at radius 3 is 2.75 bits per heavy atom. The molecule has 0 spiro atoms. The molecule has 1 atom stereocenters. The average molecular weight is 332 g/mol. The number of aromatic amines is 1. The van der Waals surface area contributed by atoms with Gasteiger partial charge < -0.3 is 9.64 Å². The SMILES string of the molecule is CCCc1nc([C@@H]2CN(C(=O)CC(C3CC3)C3CC3)CCO2)n[nH]1. The van der Waals surface area contributed by atoms with E-state index in [1.807, 2.05) is 4.90 Å². The first-order valence-electron chi connectivity index (χ1n) is 9.55. The molecule has 24 heavy (non-hydrogen) atoms. The largest absolute Gasteiger partial charge is 0.366 e. The molecule has 1 aliphatic heterocycles. The number of aromatic nitrogens is 3. The lowest BCUT2D eigenvalue weighted by Crippen LogP contribution is -2.43. The van der Waals surface area contributed by atoms with Crippen LogP contribution in [0.5, 0.6) is 0 Å². The van der Waals surface area contributed by atoms with Crippen LogP contribution >= 0.6 is 0 Å². The summed E-state index contributed by atoms with van der Waals surface area (Å²) in [5.41, 5.74) is 0. The van der Waals surface area contributed by atoms with Gasteiger partial charge in [0.1, 0.15) is 11.9 Å². The van der Waals surface area contributed by atoms with Crippen LogP contribution in [0.1, 0.15) is 63.2 Å². The highest BCUT2D eigenvalue weighted by Gasteiger charge is 2.43. The van der Waals surface area contributed by atoms with Gasteiger partial charge in [0.15, 0.2) is 5.82 Å². The Hall–Kier alpha value is -1.43. The third-order valence-electron chi connectivity index (χ3n) is 5.61. The first kappa shape index (κ1) is 16.1. The number of H-pyrrole nitrogens is 1. The van der Waals surface area contributed by atoms with Crippen LogP contribution in [0.4, 0.5) is 0 Å². The molecule has 6 heteroatoms. The molecule has 2 heterocycles. The van der Waals surface area contributed by atoms with Crippen molar-refractivity contribution in [1.29, 1.82) is 0 Å². The predicted octanol–water partition coefficient (Wildman–Crippen LogP) is 2.48. The Bertz CT molecular complexity index is 567. The van der Waals surface area contributed by atoms with Crippen molar-refractivity contribution < 1.29 is 9.53 Å². The van der Waals surface area contributed by atoms with E-state index in [1.54, 1.807) is 0 Å². The molecule has 3 fully saturated rings. The van der Waals surface area contributed by atoms with Crippen LogP contribution in [0.3, 0.4) is 0 Å². The highest BCUT2D eigenvalue weighted by atomic mass is 16.5. The summed E-state index contributed by atoms with van der Waals surface area (Å²) in [6.07, 6.45) is 7.80. The van der Waals surface area contributed by atoms with Crippen molar-refractivity contribution in [3.63, 3.8) is 0 Å². The maximum absolute atomic E-state index is 12.8. The van der Waals surface area contributed by atoms with Crippen LogP contribution in [0.15, 0.2) is 0 Å². The molecule has 1 amide bonds. The van der Waals surface area contributed by atoms with Gasteiger partial charge in [0.05, 0.1) is 13.2 Å². The van der Waals surface area contributed by atoms with Crippen LogP contribution in [0, 0.1) is 17.8 Å². The molecule has 2 saturated carbocycles. The van der Waals surface area contributed by atoms with Gasteiger partial charge in [0.25, 0.3) is 0 Å². The van der Waals surface area contributed by atoms with E-state index in [-0.39, 0.29) is 6.10 Å². The zero-order chi connectivity index (χ0) is 16.5. The minimum absolute atomic E-state index is 0.190. The van der Waals surface area contributed by atoms with Gasteiger partial charge in [0, 0.05) is 19.4 Å². The van der Waals surface area contributed by atoms with E-state index in [2.05, 4.69) is 22.1 Å². The van der Waals surface area contributed by atoms with Gasteiger partial charge in [-0.05, 0) is 49.9 Å². The smallest absolute Gasteiger partial charge is 0.223 e. The number of nitrogens with zero attached hydrogens (tertiary/aromatic N) is 3. The summed E-state index contributed by atoms with van der Waals surface area (Å²) in [6.45, 7) is 3.98. The molecule has 0 bridgehead atoms. The van der Waals surface area contributed by atoms with Crippen molar-refractivity contribution in [2.75, 3.05) is 19.7 Å². The van der Waals surface area contributed by atoms with E-state index in [9.17, 15) is 4.79 Å². The van der Waals surface area contributed by atoms with E-state index in [1.165, 1.54) is 25.7 Å². The maximum atomic E-state index is 12.8. The van der Waals surface area contributed by atoms with Gasteiger partial charge >= 0.3 is 0 Å². The highest BCUT2D eigenvalue weighted by molar-refractivity contribution is 5.76. The Kier molecular flexibility index (Phi) is 4.57. The Morgan fingerprint density at radius 1 is 1.33 bits per heavy atom. The van der Waals surface area contributed by atoms with Gasteiger partial charge in [-0.2, -0.15) is 5.10 Å². The second-order valence-electron chi connectivity index (χ2n) is 7.63. The Balaban J connectivity index is 1.35. The number of rotatable bonds is 7. The lowest BCUT2D eigenvalue weighted by Gasteiger charge is -2.32. The molecule has 4 rings (SSSR count). The van der Waals surface area contributed by atoms with Crippen LogP contribution in [0.25, 0.3) is 0 Å². The third-order valence-corrected chi connectivity index (χ3v) is 5.61. The van der Waals surface area contributed by atoms with Gasteiger partial charge in [-0.1, -0.05) is 6.92 Å². The summed E-state index contributed by atoms with van der Waals surface area (Å²) in [6, 6.07) is 0. The zero-order valence-electron chi connectivity index (χ0n) is 14.5. The summed E-state index contributed by atoms with van der Waals surface area (Å²) in [7, 11) is 0. The van der Waals surface area contributed by atoms with E-state index >= 15 is 0 Å². The lowest BCUT2D eigenvalue weighted by molar-refractivity contribution is -0.140. The molecule has 1 aromatic heterocycles. The van der Waals surface area contributed by atoms with E-state index in [0.29, 0.717) is 37.3 Å². The second-order valence-corrected chi connectivity index (χ2v) is 7.63. The molecule has 1 aromatic rings. The minimum atomic E-state index is -0.190. The summed E-state index contributed by atoms with van der Waals surface area (Å²) < 4.78 is 5.82. The van der Waals surface area contributed by atoms with E-state index in [4.69, 9.17) is 4.74 Å². The van der Waals surface area contributed by atoms with Crippen LogP contribution in [-0.4, -0.2) is 45.7 Å². The number of amides is 1. The number of morpholine rings is 1. The molecule has 1 N–H and O–H groups in total. The average Bonchev–Trinajstić information content (AvgIpc) is 3.52. The van der Waals surface area contributed by atoms with Crippen LogP contribution < -0.4 is 0 Å². The van der Waals surface area contributed by atoms with Gasteiger partial charge in [-0.25, -0.2) is 4.98 Å². The normalized spacial score (nSPS) is 24.6. The van der Waals surface area contributed by atoms with Gasteiger partial charge in [0.2, 0.25) is 5.91 Å². The molecule has 0 unspecified atom stereocenters. The first-order chi connectivity index (χ1) is 11.7. The fourth-order valence-electron chi connectivity index (χ4n) is 3.93. The number of ether oxygens (including phenoxy) is 1. The monoisotopic (exact) mass is 332 g/mol. The Labute approximate surface area is 143 Å². The minimum Gasteiger partial charge on any atom is -0.366 e. The number of aryl methyl sites for hydroxylation is 1. The quantitative estimate of drug-likeness (QED) is 0.833. The molecule has 2 aliphatic carbocycles. The van der Waals surface area contributed by atoms with Crippen molar-refractivity contribution in [3.8, 4) is 0 Å². The molecule has 0 aromatic carbocycles. The topological polar surface area (TPSA) is 71.1 Å².